The Morgan fingerprint density at radius 3 is 2.75 bits per heavy atom. The summed E-state index contributed by atoms with van der Waals surface area (Å²) in [4.78, 5) is 8.62. The van der Waals surface area contributed by atoms with Crippen molar-refractivity contribution < 1.29 is 4.74 Å². The molecule has 1 aromatic rings. The average Bonchev–Trinajstić information content (AvgIpc) is 2.28. The first-order valence-electron chi connectivity index (χ1n) is 5.86. The third-order valence-corrected chi connectivity index (χ3v) is 2.39. The number of aromatic nitrogens is 2. The monoisotopic (exact) mass is 223 g/mol. The van der Waals surface area contributed by atoms with Gasteiger partial charge in [0.1, 0.15) is 5.82 Å². The molecular formula is C12H21N3O. The van der Waals surface area contributed by atoms with E-state index in [-0.39, 0.29) is 0 Å². The summed E-state index contributed by atoms with van der Waals surface area (Å²) >= 11 is 0. The van der Waals surface area contributed by atoms with Crippen molar-refractivity contribution in [1.82, 2.24) is 9.97 Å². The number of rotatable bonds is 7. The van der Waals surface area contributed by atoms with Crippen LogP contribution in [0.5, 0.6) is 0 Å². The van der Waals surface area contributed by atoms with E-state index in [2.05, 4.69) is 22.2 Å². The van der Waals surface area contributed by atoms with Crippen LogP contribution in [0.1, 0.15) is 31.2 Å². The highest BCUT2D eigenvalue weighted by molar-refractivity contribution is 5.33. The lowest BCUT2D eigenvalue weighted by atomic mass is 10.3. The van der Waals surface area contributed by atoms with E-state index < -0.39 is 0 Å². The summed E-state index contributed by atoms with van der Waals surface area (Å²) in [5.41, 5.74) is 1.95. The molecule has 4 nitrogen and oxygen atoms in total. The fourth-order valence-corrected chi connectivity index (χ4v) is 1.23. The Labute approximate surface area is 97.5 Å². The zero-order chi connectivity index (χ0) is 11.8. The Hall–Kier alpha value is -1.16. The van der Waals surface area contributed by atoms with Gasteiger partial charge in [-0.1, -0.05) is 13.3 Å². The van der Waals surface area contributed by atoms with Crippen LogP contribution in [0.4, 0.5) is 5.82 Å². The zero-order valence-corrected chi connectivity index (χ0v) is 10.4. The van der Waals surface area contributed by atoms with E-state index in [9.17, 15) is 0 Å². The number of aryl methyl sites for hydroxylation is 2. The molecule has 0 amide bonds. The van der Waals surface area contributed by atoms with Crippen molar-refractivity contribution in [2.45, 2.75) is 33.6 Å². The minimum atomic E-state index is 0.717. The van der Waals surface area contributed by atoms with Crippen molar-refractivity contribution in [3.63, 3.8) is 0 Å². The van der Waals surface area contributed by atoms with Crippen LogP contribution in [0.15, 0.2) is 6.20 Å². The molecule has 0 bridgehead atoms. The van der Waals surface area contributed by atoms with Crippen molar-refractivity contribution in [3.8, 4) is 0 Å². The van der Waals surface area contributed by atoms with Gasteiger partial charge in [0.25, 0.3) is 0 Å². The molecule has 0 aliphatic heterocycles. The molecule has 0 spiro atoms. The third-order valence-electron chi connectivity index (χ3n) is 2.39. The highest BCUT2D eigenvalue weighted by Gasteiger charge is 1.98. The highest BCUT2D eigenvalue weighted by Crippen LogP contribution is 2.04. The van der Waals surface area contributed by atoms with E-state index in [4.69, 9.17) is 4.74 Å². The van der Waals surface area contributed by atoms with E-state index in [1.54, 1.807) is 6.20 Å². The topological polar surface area (TPSA) is 47.0 Å². The summed E-state index contributed by atoms with van der Waals surface area (Å²) in [7, 11) is 0. The molecule has 0 fully saturated rings. The van der Waals surface area contributed by atoms with Crippen LogP contribution < -0.4 is 5.32 Å². The second-order valence-electron chi connectivity index (χ2n) is 3.82. The second-order valence-corrected chi connectivity index (χ2v) is 3.82. The fraction of sp³-hybridized carbons (Fsp3) is 0.667. The van der Waals surface area contributed by atoms with Crippen molar-refractivity contribution in [2.75, 3.05) is 25.1 Å². The lowest BCUT2D eigenvalue weighted by molar-refractivity contribution is 0.141. The lowest BCUT2D eigenvalue weighted by Gasteiger charge is -2.07. The van der Waals surface area contributed by atoms with Gasteiger partial charge in [0.05, 0.1) is 24.2 Å². The minimum Gasteiger partial charge on any atom is -0.380 e. The van der Waals surface area contributed by atoms with E-state index in [0.717, 1.165) is 36.8 Å². The summed E-state index contributed by atoms with van der Waals surface area (Å²) in [5, 5.41) is 3.19. The van der Waals surface area contributed by atoms with Gasteiger partial charge >= 0.3 is 0 Å². The number of ether oxygens (including phenoxy) is 1. The van der Waals surface area contributed by atoms with E-state index in [1.165, 1.54) is 6.42 Å². The summed E-state index contributed by atoms with van der Waals surface area (Å²) in [6.45, 7) is 8.42. The standard InChI is InChI=1S/C12H21N3O/c1-4-5-7-16-8-6-13-12-9-14-10(2)11(3)15-12/h9H,4-8H2,1-3H3,(H,13,15). The van der Waals surface area contributed by atoms with Gasteiger partial charge in [-0.2, -0.15) is 0 Å². The van der Waals surface area contributed by atoms with Crippen LogP contribution >= 0.6 is 0 Å². The van der Waals surface area contributed by atoms with Crippen LogP contribution in [-0.2, 0) is 4.74 Å². The highest BCUT2D eigenvalue weighted by atomic mass is 16.5. The zero-order valence-electron chi connectivity index (χ0n) is 10.4. The van der Waals surface area contributed by atoms with Crippen molar-refractivity contribution in [3.05, 3.63) is 17.6 Å². The second kappa shape index (κ2) is 7.17. The maximum atomic E-state index is 5.44. The number of hydrogen-bond donors (Lipinski definition) is 1. The van der Waals surface area contributed by atoms with Gasteiger partial charge in [-0.05, 0) is 20.3 Å². The third kappa shape index (κ3) is 4.57. The minimum absolute atomic E-state index is 0.717. The number of nitrogens with zero attached hydrogens (tertiary/aromatic N) is 2. The van der Waals surface area contributed by atoms with Crippen LogP contribution in [0, 0.1) is 13.8 Å². The van der Waals surface area contributed by atoms with Gasteiger partial charge in [0, 0.05) is 13.2 Å². The van der Waals surface area contributed by atoms with E-state index >= 15 is 0 Å². The Morgan fingerprint density at radius 2 is 2.06 bits per heavy atom. The molecular weight excluding hydrogens is 202 g/mol. The van der Waals surface area contributed by atoms with Gasteiger partial charge < -0.3 is 10.1 Å². The average molecular weight is 223 g/mol. The quantitative estimate of drug-likeness (QED) is 0.721. The summed E-state index contributed by atoms with van der Waals surface area (Å²) < 4.78 is 5.44. The number of anilines is 1. The molecule has 0 unspecified atom stereocenters. The molecule has 0 aliphatic rings. The molecule has 1 heterocycles. The first kappa shape index (κ1) is 12.9. The van der Waals surface area contributed by atoms with Gasteiger partial charge in [0.15, 0.2) is 0 Å². The van der Waals surface area contributed by atoms with Crippen molar-refractivity contribution in [2.24, 2.45) is 0 Å². The molecule has 0 radical (unpaired) electrons. The molecule has 1 N–H and O–H groups in total. The molecule has 90 valence electrons. The molecule has 0 atom stereocenters. The number of nitrogens with one attached hydrogen (secondary N) is 1. The summed E-state index contributed by atoms with van der Waals surface area (Å²) in [6.07, 6.45) is 4.06. The molecule has 1 aromatic heterocycles. The predicted octanol–water partition coefficient (Wildman–Crippen LogP) is 2.32. The molecule has 0 aliphatic carbocycles. The predicted molar refractivity (Wildman–Crippen MR) is 65.7 cm³/mol. The van der Waals surface area contributed by atoms with Crippen LogP contribution in [0.3, 0.4) is 0 Å². The molecule has 0 saturated carbocycles. The molecule has 0 saturated heterocycles. The van der Waals surface area contributed by atoms with Crippen LogP contribution in [-0.4, -0.2) is 29.7 Å². The Morgan fingerprint density at radius 1 is 1.25 bits per heavy atom. The maximum absolute atomic E-state index is 5.44. The Bertz CT molecular complexity index is 315. The summed E-state index contributed by atoms with van der Waals surface area (Å²) in [6, 6.07) is 0. The Kier molecular flexibility index (Phi) is 5.78. The van der Waals surface area contributed by atoms with E-state index in [0.29, 0.717) is 6.61 Å². The first-order chi connectivity index (χ1) is 7.74. The lowest BCUT2D eigenvalue weighted by Crippen LogP contribution is -2.11. The van der Waals surface area contributed by atoms with E-state index in [1.807, 2.05) is 13.8 Å². The van der Waals surface area contributed by atoms with Gasteiger partial charge in [0.2, 0.25) is 0 Å². The first-order valence-corrected chi connectivity index (χ1v) is 5.86. The largest absolute Gasteiger partial charge is 0.380 e. The molecule has 4 heteroatoms. The van der Waals surface area contributed by atoms with Crippen LogP contribution in [0.2, 0.25) is 0 Å². The smallest absolute Gasteiger partial charge is 0.144 e. The number of hydrogen-bond acceptors (Lipinski definition) is 4. The van der Waals surface area contributed by atoms with Gasteiger partial charge in [-0.15, -0.1) is 0 Å². The van der Waals surface area contributed by atoms with Crippen molar-refractivity contribution in [1.29, 1.82) is 0 Å². The normalized spacial score (nSPS) is 10.4. The molecule has 16 heavy (non-hydrogen) atoms. The van der Waals surface area contributed by atoms with Crippen molar-refractivity contribution >= 4 is 5.82 Å². The maximum Gasteiger partial charge on any atom is 0.144 e. The molecule has 1 rings (SSSR count). The molecule has 0 aromatic carbocycles. The number of unbranched alkanes of at least 4 members (excludes halogenated alkanes) is 1. The fourth-order valence-electron chi connectivity index (χ4n) is 1.23. The Balaban J connectivity index is 2.19. The summed E-state index contributed by atoms with van der Waals surface area (Å²) in [5.74, 6) is 0.821. The van der Waals surface area contributed by atoms with Gasteiger partial charge in [-0.3, -0.25) is 4.98 Å². The van der Waals surface area contributed by atoms with Gasteiger partial charge in [-0.25, -0.2) is 4.98 Å². The SMILES string of the molecule is CCCCOCCNc1cnc(C)c(C)n1. The van der Waals surface area contributed by atoms with Crippen LogP contribution in [0.25, 0.3) is 0 Å².